The van der Waals surface area contributed by atoms with E-state index in [0.29, 0.717) is 43.2 Å². The average molecular weight is 365 g/mol. The van der Waals surface area contributed by atoms with E-state index >= 15 is 0 Å². The predicted octanol–water partition coefficient (Wildman–Crippen LogP) is 2.02. The van der Waals surface area contributed by atoms with Crippen LogP contribution in [0.5, 0.6) is 0 Å². The molecule has 2 heterocycles. The largest absolute Gasteiger partial charge is 0.441 e. The molecule has 7 nitrogen and oxygen atoms in total. The van der Waals surface area contributed by atoms with Crippen LogP contribution in [0.4, 0.5) is 0 Å². The van der Waals surface area contributed by atoms with Gasteiger partial charge in [0.1, 0.15) is 5.52 Å². The number of carbonyl (C=O) groups excluding carboxylic acids is 1. The monoisotopic (exact) mass is 365 g/mol. The second-order valence-corrected chi connectivity index (χ2v) is 9.25. The SMILES string of the molecule is Cc1nc2cc(S(=O)(=O)N3CCN(C(=O)C(C)(C)C)CC3)ccc2o1. The lowest BCUT2D eigenvalue weighted by atomic mass is 9.94. The van der Waals surface area contributed by atoms with Gasteiger partial charge >= 0.3 is 0 Å². The second-order valence-electron chi connectivity index (χ2n) is 7.31. The highest BCUT2D eigenvalue weighted by atomic mass is 32.2. The molecule has 1 aliphatic heterocycles. The van der Waals surface area contributed by atoms with Gasteiger partial charge in [-0.1, -0.05) is 20.8 Å². The lowest BCUT2D eigenvalue weighted by Crippen LogP contribution is -2.52. The Hall–Kier alpha value is -1.93. The van der Waals surface area contributed by atoms with Crippen LogP contribution < -0.4 is 0 Å². The van der Waals surface area contributed by atoms with Crippen LogP contribution in [0.2, 0.25) is 0 Å². The number of hydrogen-bond acceptors (Lipinski definition) is 5. The Kier molecular flexibility index (Phi) is 4.36. The Morgan fingerprint density at radius 3 is 2.40 bits per heavy atom. The molecule has 25 heavy (non-hydrogen) atoms. The fourth-order valence-electron chi connectivity index (χ4n) is 2.94. The zero-order valence-corrected chi connectivity index (χ0v) is 15.8. The van der Waals surface area contributed by atoms with Crippen molar-refractivity contribution in [3.8, 4) is 0 Å². The van der Waals surface area contributed by atoms with Gasteiger partial charge in [-0.2, -0.15) is 4.31 Å². The third kappa shape index (κ3) is 3.41. The van der Waals surface area contributed by atoms with Crippen molar-refractivity contribution in [2.45, 2.75) is 32.6 Å². The number of nitrogens with zero attached hydrogens (tertiary/aromatic N) is 3. The lowest BCUT2D eigenvalue weighted by Gasteiger charge is -2.37. The molecule has 2 aromatic rings. The molecule has 1 saturated heterocycles. The molecular formula is C17H23N3O4S. The summed E-state index contributed by atoms with van der Waals surface area (Å²) >= 11 is 0. The Labute approximate surface area is 147 Å². The van der Waals surface area contributed by atoms with E-state index < -0.39 is 15.4 Å². The van der Waals surface area contributed by atoms with Crippen molar-refractivity contribution in [3.63, 3.8) is 0 Å². The fourth-order valence-corrected chi connectivity index (χ4v) is 4.38. The first-order chi connectivity index (χ1) is 11.6. The number of benzene rings is 1. The van der Waals surface area contributed by atoms with Gasteiger partial charge in [-0.05, 0) is 18.2 Å². The number of piperazine rings is 1. The third-order valence-corrected chi connectivity index (χ3v) is 6.17. The number of amides is 1. The van der Waals surface area contributed by atoms with Gasteiger partial charge in [0.05, 0.1) is 4.90 Å². The number of aromatic nitrogens is 1. The predicted molar refractivity (Wildman–Crippen MR) is 93.5 cm³/mol. The number of carbonyl (C=O) groups is 1. The molecular weight excluding hydrogens is 342 g/mol. The van der Waals surface area contributed by atoms with Crippen molar-refractivity contribution < 1.29 is 17.6 Å². The molecule has 0 N–H and O–H groups in total. The van der Waals surface area contributed by atoms with E-state index in [-0.39, 0.29) is 10.8 Å². The number of oxazole rings is 1. The fraction of sp³-hybridized carbons (Fsp3) is 0.529. The lowest BCUT2D eigenvalue weighted by molar-refractivity contribution is -0.140. The first kappa shape index (κ1) is 17.9. The minimum absolute atomic E-state index is 0.0454. The Morgan fingerprint density at radius 2 is 1.80 bits per heavy atom. The highest BCUT2D eigenvalue weighted by Gasteiger charge is 2.33. The van der Waals surface area contributed by atoms with Gasteiger partial charge in [0, 0.05) is 38.5 Å². The van der Waals surface area contributed by atoms with Crippen molar-refractivity contribution >= 4 is 27.0 Å². The summed E-state index contributed by atoms with van der Waals surface area (Å²) in [5.74, 6) is 0.544. The molecule has 0 bridgehead atoms. The number of rotatable bonds is 2. The molecule has 1 aromatic carbocycles. The summed E-state index contributed by atoms with van der Waals surface area (Å²) in [5, 5.41) is 0. The summed E-state index contributed by atoms with van der Waals surface area (Å²) in [6.45, 7) is 8.72. The summed E-state index contributed by atoms with van der Waals surface area (Å²) < 4.78 is 32.6. The zero-order chi connectivity index (χ0) is 18.4. The molecule has 3 rings (SSSR count). The van der Waals surface area contributed by atoms with Crippen LogP contribution in [-0.4, -0.2) is 54.7 Å². The molecule has 1 amide bonds. The van der Waals surface area contributed by atoms with Crippen LogP contribution in [0.1, 0.15) is 26.7 Å². The maximum absolute atomic E-state index is 12.9. The highest BCUT2D eigenvalue weighted by Crippen LogP contribution is 2.24. The zero-order valence-electron chi connectivity index (χ0n) is 14.9. The third-order valence-electron chi connectivity index (χ3n) is 4.27. The van der Waals surface area contributed by atoms with Crippen molar-refractivity contribution in [1.82, 2.24) is 14.2 Å². The highest BCUT2D eigenvalue weighted by molar-refractivity contribution is 7.89. The van der Waals surface area contributed by atoms with Crippen molar-refractivity contribution in [1.29, 1.82) is 0 Å². The van der Waals surface area contributed by atoms with Gasteiger partial charge < -0.3 is 9.32 Å². The van der Waals surface area contributed by atoms with Crippen LogP contribution in [0.25, 0.3) is 11.1 Å². The van der Waals surface area contributed by atoms with Crippen molar-refractivity contribution in [3.05, 3.63) is 24.1 Å². The maximum atomic E-state index is 12.9. The number of hydrogen-bond donors (Lipinski definition) is 0. The standard InChI is InChI=1S/C17H23N3O4S/c1-12-18-14-11-13(5-6-15(14)24-12)25(22,23)20-9-7-19(8-10-20)16(21)17(2,3)4/h5-6,11H,7-10H2,1-4H3. The smallest absolute Gasteiger partial charge is 0.243 e. The van der Waals surface area contributed by atoms with E-state index in [9.17, 15) is 13.2 Å². The summed E-state index contributed by atoms with van der Waals surface area (Å²) in [6, 6.07) is 4.70. The van der Waals surface area contributed by atoms with Crippen LogP contribution >= 0.6 is 0 Å². The van der Waals surface area contributed by atoms with Gasteiger partial charge in [-0.15, -0.1) is 0 Å². The van der Waals surface area contributed by atoms with E-state index in [1.807, 2.05) is 20.8 Å². The molecule has 0 unspecified atom stereocenters. The van der Waals surface area contributed by atoms with Gasteiger partial charge in [0.2, 0.25) is 15.9 Å². The summed E-state index contributed by atoms with van der Waals surface area (Å²) in [5.41, 5.74) is 0.633. The molecule has 1 fully saturated rings. The van der Waals surface area contributed by atoms with Gasteiger partial charge in [-0.25, -0.2) is 13.4 Å². The minimum atomic E-state index is -3.62. The molecule has 0 aliphatic carbocycles. The molecule has 136 valence electrons. The van der Waals surface area contributed by atoms with Gasteiger partial charge in [0.25, 0.3) is 0 Å². The molecule has 0 radical (unpaired) electrons. The molecule has 8 heteroatoms. The maximum Gasteiger partial charge on any atom is 0.243 e. The van der Waals surface area contributed by atoms with E-state index in [1.165, 1.54) is 16.4 Å². The first-order valence-corrected chi connectivity index (χ1v) is 9.70. The van der Waals surface area contributed by atoms with Gasteiger partial charge in [0.15, 0.2) is 11.5 Å². The minimum Gasteiger partial charge on any atom is -0.441 e. The molecule has 1 aliphatic rings. The second kappa shape index (κ2) is 6.10. The molecule has 1 aromatic heterocycles. The summed E-state index contributed by atoms with van der Waals surface area (Å²) in [4.78, 5) is 18.5. The number of aryl methyl sites for hydroxylation is 1. The van der Waals surface area contributed by atoms with E-state index in [1.54, 1.807) is 17.9 Å². The van der Waals surface area contributed by atoms with Crippen LogP contribution in [0.15, 0.2) is 27.5 Å². The summed E-state index contributed by atoms with van der Waals surface area (Å²) in [7, 11) is -3.62. The number of fused-ring (bicyclic) bond motifs is 1. The van der Waals surface area contributed by atoms with E-state index in [4.69, 9.17) is 4.42 Å². The Bertz CT molecular complexity index is 904. The van der Waals surface area contributed by atoms with Crippen molar-refractivity contribution in [2.75, 3.05) is 26.2 Å². The van der Waals surface area contributed by atoms with Crippen molar-refractivity contribution in [2.24, 2.45) is 5.41 Å². The normalized spacial score (nSPS) is 17.2. The number of sulfonamides is 1. The van der Waals surface area contributed by atoms with Crippen LogP contribution in [0, 0.1) is 12.3 Å². The quantitative estimate of drug-likeness (QED) is 0.813. The van der Waals surface area contributed by atoms with E-state index in [2.05, 4.69) is 4.98 Å². The molecule has 0 saturated carbocycles. The van der Waals surface area contributed by atoms with Gasteiger partial charge in [-0.3, -0.25) is 4.79 Å². The first-order valence-electron chi connectivity index (χ1n) is 8.26. The van der Waals surface area contributed by atoms with Crippen LogP contribution in [0.3, 0.4) is 0 Å². The molecule has 0 spiro atoms. The average Bonchev–Trinajstić information content (AvgIpc) is 2.92. The van der Waals surface area contributed by atoms with Crippen LogP contribution in [-0.2, 0) is 14.8 Å². The Morgan fingerprint density at radius 1 is 1.16 bits per heavy atom. The summed E-state index contributed by atoms with van der Waals surface area (Å²) in [6.07, 6.45) is 0. The topological polar surface area (TPSA) is 83.7 Å². The Balaban J connectivity index is 1.78. The van der Waals surface area contributed by atoms with E-state index in [0.717, 1.165) is 0 Å². The molecule has 0 atom stereocenters.